The second-order valence-electron chi connectivity index (χ2n) is 3.53. The first-order valence-electron chi connectivity index (χ1n) is 5.12. The van der Waals surface area contributed by atoms with Gasteiger partial charge in [-0.1, -0.05) is 0 Å². The summed E-state index contributed by atoms with van der Waals surface area (Å²) in [5, 5.41) is 6.33. The van der Waals surface area contributed by atoms with E-state index in [1.807, 2.05) is 12.3 Å². The molecule has 0 aromatic carbocycles. The van der Waals surface area contributed by atoms with Crippen LogP contribution in [0.3, 0.4) is 0 Å². The number of hydrogen-bond acceptors (Lipinski definition) is 6. The van der Waals surface area contributed by atoms with E-state index >= 15 is 0 Å². The van der Waals surface area contributed by atoms with E-state index < -0.39 is 0 Å². The molecule has 17 heavy (non-hydrogen) atoms. The first-order valence-corrected chi connectivity index (χ1v) is 6.00. The third-order valence-corrected chi connectivity index (χ3v) is 3.15. The normalized spacial score (nSPS) is 10.9. The third kappa shape index (κ3) is 1.96. The minimum absolute atomic E-state index is 0.648. The maximum Gasteiger partial charge on any atom is 0.182 e. The lowest BCUT2D eigenvalue weighted by Gasteiger charge is -2.03. The molecule has 0 unspecified atom stereocenters. The van der Waals surface area contributed by atoms with Gasteiger partial charge in [-0.3, -0.25) is 0 Å². The molecular weight excluding hydrogens is 236 g/mol. The lowest BCUT2D eigenvalue weighted by atomic mass is 10.4. The van der Waals surface area contributed by atoms with Gasteiger partial charge >= 0.3 is 0 Å². The van der Waals surface area contributed by atoms with Crippen LogP contribution in [-0.4, -0.2) is 24.9 Å². The van der Waals surface area contributed by atoms with Crippen LogP contribution in [0.25, 0.3) is 11.2 Å². The van der Waals surface area contributed by atoms with E-state index in [2.05, 4.69) is 30.2 Å². The molecule has 3 heterocycles. The van der Waals surface area contributed by atoms with Gasteiger partial charge in [0.2, 0.25) is 0 Å². The van der Waals surface area contributed by atoms with Crippen molar-refractivity contribution in [3.8, 4) is 0 Å². The first kappa shape index (κ1) is 10.2. The van der Waals surface area contributed by atoms with Crippen LogP contribution < -0.4 is 5.32 Å². The van der Waals surface area contributed by atoms with Crippen molar-refractivity contribution in [2.24, 2.45) is 0 Å². The minimum Gasteiger partial charge on any atom is -0.362 e. The molecule has 0 fully saturated rings. The summed E-state index contributed by atoms with van der Waals surface area (Å²) in [7, 11) is 0. The zero-order valence-electron chi connectivity index (χ0n) is 9.14. The van der Waals surface area contributed by atoms with Crippen LogP contribution in [0.1, 0.15) is 10.7 Å². The van der Waals surface area contributed by atoms with E-state index in [0.717, 1.165) is 22.0 Å². The summed E-state index contributed by atoms with van der Waals surface area (Å²) in [6, 6.07) is 0. The molecule has 7 heteroatoms. The number of hydrogen-bond donors (Lipinski definition) is 2. The van der Waals surface area contributed by atoms with Crippen LogP contribution in [0.5, 0.6) is 0 Å². The second kappa shape index (κ2) is 4.10. The molecule has 0 aliphatic rings. The first-order chi connectivity index (χ1) is 8.33. The highest BCUT2D eigenvalue weighted by Crippen LogP contribution is 2.16. The van der Waals surface area contributed by atoms with Gasteiger partial charge in [0.15, 0.2) is 11.5 Å². The van der Waals surface area contributed by atoms with Gasteiger partial charge in [-0.05, 0) is 6.92 Å². The fourth-order valence-electron chi connectivity index (χ4n) is 1.56. The monoisotopic (exact) mass is 246 g/mol. The van der Waals surface area contributed by atoms with Crippen molar-refractivity contribution < 1.29 is 0 Å². The zero-order chi connectivity index (χ0) is 11.7. The summed E-state index contributed by atoms with van der Waals surface area (Å²) in [6.45, 7) is 2.64. The van der Waals surface area contributed by atoms with E-state index in [0.29, 0.717) is 12.2 Å². The second-order valence-corrected chi connectivity index (χ2v) is 4.60. The number of anilines is 1. The average Bonchev–Trinajstić information content (AvgIpc) is 2.94. The quantitative estimate of drug-likeness (QED) is 0.735. The number of nitrogens with one attached hydrogen (secondary N) is 2. The standard InChI is InChI=1S/C10H10N6S/c1-6-16-7(3-17-6)2-11-9-8-10(13-4-12-8)15-5-14-9/h3-5H,2H2,1H3,(H2,11,12,13,14,15). The summed E-state index contributed by atoms with van der Waals surface area (Å²) in [4.78, 5) is 19.7. The van der Waals surface area contributed by atoms with Crippen molar-refractivity contribution in [1.29, 1.82) is 0 Å². The van der Waals surface area contributed by atoms with Crippen LogP contribution >= 0.6 is 11.3 Å². The van der Waals surface area contributed by atoms with Gasteiger partial charge in [-0.2, -0.15) is 0 Å². The number of nitrogens with zero attached hydrogens (tertiary/aromatic N) is 4. The van der Waals surface area contributed by atoms with Crippen molar-refractivity contribution in [3.05, 3.63) is 28.7 Å². The Balaban J connectivity index is 1.83. The SMILES string of the molecule is Cc1nc(CNc2ncnc3nc[nH]c23)cs1. The molecule has 0 aliphatic carbocycles. The summed E-state index contributed by atoms with van der Waals surface area (Å²) in [5.41, 5.74) is 2.50. The number of aromatic nitrogens is 5. The third-order valence-electron chi connectivity index (χ3n) is 2.33. The number of aryl methyl sites for hydroxylation is 1. The number of aromatic amines is 1. The molecule has 0 saturated heterocycles. The van der Waals surface area contributed by atoms with E-state index in [1.165, 1.54) is 6.33 Å². The molecule has 3 rings (SSSR count). The Morgan fingerprint density at radius 2 is 2.29 bits per heavy atom. The van der Waals surface area contributed by atoms with Gasteiger partial charge in [0.05, 0.1) is 23.6 Å². The molecule has 0 atom stereocenters. The Labute approximate surface area is 101 Å². The van der Waals surface area contributed by atoms with Crippen LogP contribution in [0.4, 0.5) is 5.82 Å². The van der Waals surface area contributed by atoms with Gasteiger partial charge in [-0.15, -0.1) is 11.3 Å². The lowest BCUT2D eigenvalue weighted by molar-refractivity contribution is 1.03. The Morgan fingerprint density at radius 3 is 3.12 bits per heavy atom. The maximum atomic E-state index is 4.38. The Hall–Kier alpha value is -2.02. The summed E-state index contributed by atoms with van der Waals surface area (Å²) in [5.74, 6) is 0.748. The van der Waals surface area contributed by atoms with Crippen molar-refractivity contribution in [1.82, 2.24) is 24.9 Å². The predicted octanol–water partition coefficient (Wildman–Crippen LogP) is 1.73. The highest BCUT2D eigenvalue weighted by atomic mass is 32.1. The van der Waals surface area contributed by atoms with Crippen LogP contribution in [0.15, 0.2) is 18.0 Å². The van der Waals surface area contributed by atoms with E-state index in [1.54, 1.807) is 17.7 Å². The van der Waals surface area contributed by atoms with Crippen LogP contribution in [0.2, 0.25) is 0 Å². The average molecular weight is 246 g/mol. The fraction of sp³-hybridized carbons (Fsp3) is 0.200. The highest BCUT2D eigenvalue weighted by molar-refractivity contribution is 7.09. The number of rotatable bonds is 3. The Kier molecular flexibility index (Phi) is 2.45. The number of H-pyrrole nitrogens is 1. The highest BCUT2D eigenvalue weighted by Gasteiger charge is 2.05. The molecule has 0 spiro atoms. The van der Waals surface area contributed by atoms with Gasteiger partial charge in [0.25, 0.3) is 0 Å². The molecule has 3 aromatic rings. The maximum absolute atomic E-state index is 4.38. The molecule has 0 amide bonds. The van der Waals surface area contributed by atoms with Gasteiger partial charge in [0.1, 0.15) is 11.8 Å². The molecule has 2 N–H and O–H groups in total. The predicted molar refractivity (Wildman–Crippen MR) is 65.9 cm³/mol. The summed E-state index contributed by atoms with van der Waals surface area (Å²) < 4.78 is 0. The van der Waals surface area contributed by atoms with Crippen molar-refractivity contribution >= 4 is 28.3 Å². The number of thiazole rings is 1. The summed E-state index contributed by atoms with van der Waals surface area (Å²) >= 11 is 1.64. The molecule has 0 bridgehead atoms. The molecule has 0 radical (unpaired) electrons. The molecule has 0 aliphatic heterocycles. The van der Waals surface area contributed by atoms with E-state index in [-0.39, 0.29) is 0 Å². The van der Waals surface area contributed by atoms with Gasteiger partial charge < -0.3 is 10.3 Å². The van der Waals surface area contributed by atoms with Crippen molar-refractivity contribution in [2.45, 2.75) is 13.5 Å². The van der Waals surface area contributed by atoms with Gasteiger partial charge in [-0.25, -0.2) is 19.9 Å². The van der Waals surface area contributed by atoms with Crippen LogP contribution in [0, 0.1) is 6.92 Å². The summed E-state index contributed by atoms with van der Waals surface area (Å²) in [6.07, 6.45) is 3.11. The smallest absolute Gasteiger partial charge is 0.182 e. The largest absolute Gasteiger partial charge is 0.362 e. The Bertz CT molecular complexity index is 643. The molecule has 6 nitrogen and oxygen atoms in total. The zero-order valence-corrected chi connectivity index (χ0v) is 9.95. The molecular formula is C10H10N6S. The molecule has 3 aromatic heterocycles. The van der Waals surface area contributed by atoms with Crippen molar-refractivity contribution in [2.75, 3.05) is 5.32 Å². The van der Waals surface area contributed by atoms with E-state index in [9.17, 15) is 0 Å². The topological polar surface area (TPSA) is 79.4 Å². The number of imidazole rings is 1. The van der Waals surface area contributed by atoms with Gasteiger partial charge in [0, 0.05) is 5.38 Å². The fourth-order valence-corrected chi connectivity index (χ4v) is 2.18. The van der Waals surface area contributed by atoms with Crippen LogP contribution in [-0.2, 0) is 6.54 Å². The van der Waals surface area contributed by atoms with Crippen molar-refractivity contribution in [3.63, 3.8) is 0 Å². The molecule has 86 valence electrons. The Morgan fingerprint density at radius 1 is 1.35 bits per heavy atom. The van der Waals surface area contributed by atoms with E-state index in [4.69, 9.17) is 0 Å². The molecule has 0 saturated carbocycles. The minimum atomic E-state index is 0.648. The lowest BCUT2D eigenvalue weighted by Crippen LogP contribution is -2.02. The number of fused-ring (bicyclic) bond motifs is 1.